The van der Waals surface area contributed by atoms with Gasteiger partial charge in [-0.1, -0.05) is 115 Å². The molecule has 0 saturated carbocycles. The molecule has 1 nitrogen and oxygen atoms in total. The molecule has 1 heterocycles. The molecule has 0 bridgehead atoms. The van der Waals surface area contributed by atoms with E-state index in [2.05, 4.69) is 169 Å². The van der Waals surface area contributed by atoms with E-state index in [9.17, 15) is 0 Å². The van der Waals surface area contributed by atoms with E-state index in [-0.39, 0.29) is 0 Å². The molecule has 206 valence electrons. The normalized spacial score (nSPS) is 11.6. The minimum absolute atomic E-state index is 1.14. The second kappa shape index (κ2) is 10.1. The number of benzene rings is 8. The summed E-state index contributed by atoms with van der Waals surface area (Å²) in [6, 6.07) is 59.8. The highest BCUT2D eigenvalue weighted by atomic mass is 32.1. The van der Waals surface area contributed by atoms with Crippen LogP contribution in [0.4, 0.5) is 17.1 Å². The SMILES string of the molecule is c1ccc2cc(-c3ccc(N(c4ccc5ccc6ccccc6c5c4)c4cccc5sc6ccccc6c45)cc3)ccc2c1. The molecule has 2 heteroatoms. The van der Waals surface area contributed by atoms with Crippen molar-refractivity contribution in [1.82, 2.24) is 0 Å². The topological polar surface area (TPSA) is 3.24 Å². The van der Waals surface area contributed by atoms with Gasteiger partial charge in [-0.25, -0.2) is 0 Å². The number of rotatable bonds is 4. The Morgan fingerprint density at radius 1 is 0.364 bits per heavy atom. The van der Waals surface area contributed by atoms with Gasteiger partial charge in [-0.15, -0.1) is 11.3 Å². The fourth-order valence-electron chi connectivity index (χ4n) is 6.67. The average molecular weight is 578 g/mol. The van der Waals surface area contributed by atoms with Crippen LogP contribution in [0.15, 0.2) is 164 Å². The zero-order valence-corrected chi connectivity index (χ0v) is 24.8. The first-order valence-corrected chi connectivity index (χ1v) is 15.8. The average Bonchev–Trinajstić information content (AvgIpc) is 3.48. The van der Waals surface area contributed by atoms with E-state index >= 15 is 0 Å². The van der Waals surface area contributed by atoms with Crippen molar-refractivity contribution < 1.29 is 0 Å². The zero-order chi connectivity index (χ0) is 29.0. The summed E-state index contributed by atoms with van der Waals surface area (Å²) in [6.45, 7) is 0. The van der Waals surface area contributed by atoms with Crippen LogP contribution < -0.4 is 4.90 Å². The Kier molecular flexibility index (Phi) is 5.75. The first-order chi connectivity index (χ1) is 21.8. The van der Waals surface area contributed by atoms with Gasteiger partial charge in [0.05, 0.1) is 5.69 Å². The maximum Gasteiger partial charge on any atom is 0.0554 e. The Morgan fingerprint density at radius 2 is 0.977 bits per heavy atom. The second-order valence-electron chi connectivity index (χ2n) is 11.4. The molecule has 9 aromatic rings. The third-order valence-corrected chi connectivity index (χ3v) is 9.95. The molecule has 9 rings (SSSR count). The first kappa shape index (κ1) is 25.1. The van der Waals surface area contributed by atoms with Gasteiger partial charge in [-0.05, 0) is 92.0 Å². The van der Waals surface area contributed by atoms with Crippen LogP contribution in [0.25, 0.3) is 63.6 Å². The molecule has 8 aromatic carbocycles. The number of hydrogen-bond donors (Lipinski definition) is 0. The van der Waals surface area contributed by atoms with Crippen LogP contribution in [0.5, 0.6) is 0 Å². The zero-order valence-electron chi connectivity index (χ0n) is 23.9. The van der Waals surface area contributed by atoms with Crippen molar-refractivity contribution in [2.24, 2.45) is 0 Å². The van der Waals surface area contributed by atoms with Crippen LogP contribution in [-0.4, -0.2) is 0 Å². The molecule has 1 aromatic heterocycles. The number of hydrogen-bond acceptors (Lipinski definition) is 2. The molecule has 0 atom stereocenters. The summed E-state index contributed by atoms with van der Waals surface area (Å²) in [4.78, 5) is 2.44. The molecular formula is C42H27NS. The maximum atomic E-state index is 2.44. The van der Waals surface area contributed by atoms with Crippen LogP contribution in [0.2, 0.25) is 0 Å². The van der Waals surface area contributed by atoms with Gasteiger partial charge in [-0.3, -0.25) is 0 Å². The van der Waals surface area contributed by atoms with Crippen LogP contribution in [-0.2, 0) is 0 Å². The molecule has 0 aliphatic rings. The van der Waals surface area contributed by atoms with Crippen molar-refractivity contribution >= 4 is 80.9 Å². The molecule has 0 radical (unpaired) electrons. The Morgan fingerprint density at radius 3 is 1.84 bits per heavy atom. The maximum absolute atomic E-state index is 2.44. The largest absolute Gasteiger partial charge is 0.310 e. The molecule has 0 unspecified atom stereocenters. The molecule has 0 fully saturated rings. The summed E-state index contributed by atoms with van der Waals surface area (Å²) in [6.07, 6.45) is 0. The van der Waals surface area contributed by atoms with Crippen LogP contribution >= 0.6 is 11.3 Å². The summed E-state index contributed by atoms with van der Waals surface area (Å²) in [5.74, 6) is 0. The van der Waals surface area contributed by atoms with Crippen LogP contribution in [0, 0.1) is 0 Å². The summed E-state index contributed by atoms with van der Waals surface area (Å²) < 4.78 is 2.61. The van der Waals surface area contributed by atoms with E-state index in [1.807, 2.05) is 11.3 Å². The Hall–Kier alpha value is -5.44. The Bertz CT molecular complexity index is 2500. The lowest BCUT2D eigenvalue weighted by molar-refractivity contribution is 1.31. The van der Waals surface area contributed by atoms with Gasteiger partial charge in [0, 0.05) is 31.5 Å². The molecule has 0 amide bonds. The van der Waals surface area contributed by atoms with Crippen molar-refractivity contribution in [2.45, 2.75) is 0 Å². The van der Waals surface area contributed by atoms with Crippen LogP contribution in [0.3, 0.4) is 0 Å². The van der Waals surface area contributed by atoms with Gasteiger partial charge in [0.15, 0.2) is 0 Å². The molecule has 0 saturated heterocycles. The third-order valence-electron chi connectivity index (χ3n) is 8.82. The van der Waals surface area contributed by atoms with E-state index in [4.69, 9.17) is 0 Å². The number of thiophene rings is 1. The molecule has 0 spiro atoms. The van der Waals surface area contributed by atoms with E-state index < -0.39 is 0 Å². The molecule has 0 N–H and O–H groups in total. The van der Waals surface area contributed by atoms with Gasteiger partial charge in [0.2, 0.25) is 0 Å². The number of fused-ring (bicyclic) bond motifs is 7. The van der Waals surface area contributed by atoms with E-state index in [0.29, 0.717) is 0 Å². The van der Waals surface area contributed by atoms with Gasteiger partial charge in [-0.2, -0.15) is 0 Å². The summed E-state index contributed by atoms with van der Waals surface area (Å²) >= 11 is 1.86. The minimum Gasteiger partial charge on any atom is -0.310 e. The highest BCUT2D eigenvalue weighted by Gasteiger charge is 2.19. The Labute approximate surface area is 259 Å². The minimum atomic E-state index is 1.14. The first-order valence-electron chi connectivity index (χ1n) is 15.0. The molecule has 0 aliphatic heterocycles. The van der Waals surface area contributed by atoms with Crippen LogP contribution in [0.1, 0.15) is 0 Å². The summed E-state index contributed by atoms with van der Waals surface area (Å²) in [5.41, 5.74) is 5.91. The Balaban J connectivity index is 1.26. The third kappa shape index (κ3) is 4.07. The van der Waals surface area contributed by atoms with Gasteiger partial charge in [0.1, 0.15) is 0 Å². The highest BCUT2D eigenvalue weighted by molar-refractivity contribution is 7.26. The summed E-state index contributed by atoms with van der Waals surface area (Å²) in [5, 5.41) is 10.2. The van der Waals surface area contributed by atoms with Crippen molar-refractivity contribution in [2.75, 3.05) is 4.90 Å². The number of nitrogens with zero attached hydrogens (tertiary/aromatic N) is 1. The van der Waals surface area contributed by atoms with E-state index in [1.54, 1.807) is 0 Å². The second-order valence-corrected chi connectivity index (χ2v) is 12.5. The van der Waals surface area contributed by atoms with E-state index in [0.717, 1.165) is 11.4 Å². The monoisotopic (exact) mass is 577 g/mol. The standard InChI is InChI=1S/C42H27NS/c1-2-10-32-26-33(19-16-28(32)8-1)29-20-23-34(24-21-29)43(39-13-7-15-41-42(39)37-12-5-6-14-40(37)44-41)35-25-22-31-18-17-30-9-3-4-11-36(30)38(31)27-35/h1-27H. The lowest BCUT2D eigenvalue weighted by atomic mass is 9.99. The number of anilines is 3. The van der Waals surface area contributed by atoms with Gasteiger partial charge >= 0.3 is 0 Å². The predicted octanol–water partition coefficient (Wildman–Crippen LogP) is 12.7. The fraction of sp³-hybridized carbons (Fsp3) is 0. The van der Waals surface area contributed by atoms with Gasteiger partial charge < -0.3 is 4.90 Å². The quantitative estimate of drug-likeness (QED) is 0.188. The summed E-state index contributed by atoms with van der Waals surface area (Å²) in [7, 11) is 0. The fourth-order valence-corrected chi connectivity index (χ4v) is 7.80. The van der Waals surface area contributed by atoms with Crippen molar-refractivity contribution in [1.29, 1.82) is 0 Å². The highest BCUT2D eigenvalue weighted by Crippen LogP contribution is 2.45. The molecule has 0 aliphatic carbocycles. The van der Waals surface area contributed by atoms with Crippen molar-refractivity contribution in [3.63, 3.8) is 0 Å². The van der Waals surface area contributed by atoms with Crippen molar-refractivity contribution in [3.8, 4) is 11.1 Å². The lowest BCUT2D eigenvalue weighted by Gasteiger charge is -2.27. The molecule has 44 heavy (non-hydrogen) atoms. The molecular weight excluding hydrogens is 551 g/mol. The van der Waals surface area contributed by atoms with E-state index in [1.165, 1.54) is 69.3 Å². The van der Waals surface area contributed by atoms with Gasteiger partial charge in [0.25, 0.3) is 0 Å². The van der Waals surface area contributed by atoms with Crippen molar-refractivity contribution in [3.05, 3.63) is 164 Å². The predicted molar refractivity (Wildman–Crippen MR) is 192 cm³/mol. The smallest absolute Gasteiger partial charge is 0.0554 e. The lowest BCUT2D eigenvalue weighted by Crippen LogP contribution is -2.10.